The Hall–Kier alpha value is -4.17. The van der Waals surface area contributed by atoms with Crippen molar-refractivity contribution in [2.75, 3.05) is 29.9 Å². The number of hydrogen-bond acceptors (Lipinski definition) is 6. The zero-order chi connectivity index (χ0) is 26.1. The molecule has 1 saturated heterocycles. The number of nitrogens with zero attached hydrogens (tertiary/aromatic N) is 6. The molecule has 1 unspecified atom stereocenters. The summed E-state index contributed by atoms with van der Waals surface area (Å²) in [5, 5.41) is 15.6. The molecule has 8 heteroatoms. The fourth-order valence-electron chi connectivity index (χ4n) is 5.20. The van der Waals surface area contributed by atoms with Gasteiger partial charge in [-0.1, -0.05) is 38.1 Å². The highest BCUT2D eigenvalue weighted by Gasteiger charge is 2.31. The molecule has 5 aromatic rings. The second kappa shape index (κ2) is 10.3. The zero-order valence-corrected chi connectivity index (χ0v) is 22.3. The first-order valence-electron chi connectivity index (χ1n) is 12.9. The van der Waals surface area contributed by atoms with E-state index in [1.807, 2.05) is 48.8 Å². The first kappa shape index (κ1) is 24.2. The second-order valence-corrected chi connectivity index (χ2v) is 10.3. The summed E-state index contributed by atoms with van der Waals surface area (Å²) < 4.78 is 0. The van der Waals surface area contributed by atoms with Crippen molar-refractivity contribution in [2.45, 2.75) is 19.9 Å². The van der Waals surface area contributed by atoms with Gasteiger partial charge in [0.05, 0.1) is 22.8 Å². The van der Waals surface area contributed by atoms with Crippen LogP contribution in [0.25, 0.3) is 33.1 Å². The van der Waals surface area contributed by atoms with E-state index in [9.17, 15) is 0 Å². The fraction of sp³-hybridized carbons (Fsp3) is 0.233. The predicted molar refractivity (Wildman–Crippen MR) is 158 cm³/mol. The first-order valence-corrected chi connectivity index (χ1v) is 13.3. The van der Waals surface area contributed by atoms with Gasteiger partial charge in [0.25, 0.3) is 0 Å². The Balaban J connectivity index is 1.20. The molecule has 38 heavy (non-hydrogen) atoms. The van der Waals surface area contributed by atoms with Gasteiger partial charge in [0.1, 0.15) is 0 Å². The lowest BCUT2D eigenvalue weighted by atomic mass is 10.00. The highest BCUT2D eigenvalue weighted by atomic mass is 32.1. The number of thiocarbonyl (C=S) groups is 1. The summed E-state index contributed by atoms with van der Waals surface area (Å²) in [6.07, 6.45) is 3.62. The predicted octanol–water partition coefficient (Wildman–Crippen LogP) is 5.78. The molecule has 1 aliphatic heterocycles. The van der Waals surface area contributed by atoms with Crippen LogP contribution in [-0.2, 0) is 0 Å². The van der Waals surface area contributed by atoms with Crippen LogP contribution in [0.5, 0.6) is 0 Å². The van der Waals surface area contributed by atoms with Gasteiger partial charge in [0.2, 0.25) is 0 Å². The van der Waals surface area contributed by atoms with Crippen LogP contribution in [0.4, 0.5) is 11.5 Å². The lowest BCUT2D eigenvalue weighted by molar-refractivity contribution is 0.227. The van der Waals surface area contributed by atoms with E-state index in [0.717, 1.165) is 69.3 Å². The molecular formula is C30H29N7S. The molecule has 0 spiro atoms. The lowest BCUT2D eigenvalue weighted by Gasteiger charge is -2.45. The third-order valence-corrected chi connectivity index (χ3v) is 7.57. The minimum Gasteiger partial charge on any atom is -0.351 e. The number of rotatable bonds is 4. The van der Waals surface area contributed by atoms with Gasteiger partial charge >= 0.3 is 0 Å². The quantitative estimate of drug-likeness (QED) is 0.300. The van der Waals surface area contributed by atoms with Crippen molar-refractivity contribution in [3.63, 3.8) is 0 Å². The van der Waals surface area contributed by atoms with Gasteiger partial charge in [-0.05, 0) is 66.7 Å². The molecule has 0 amide bonds. The number of benzene rings is 2. The maximum Gasteiger partial charge on any atom is 0.173 e. The van der Waals surface area contributed by atoms with Crippen molar-refractivity contribution >= 4 is 50.6 Å². The Morgan fingerprint density at radius 3 is 2.32 bits per heavy atom. The van der Waals surface area contributed by atoms with Crippen LogP contribution < -0.4 is 10.2 Å². The van der Waals surface area contributed by atoms with E-state index < -0.39 is 0 Å². The number of piperazine rings is 1. The van der Waals surface area contributed by atoms with E-state index in [4.69, 9.17) is 12.2 Å². The molecule has 3 aromatic heterocycles. The summed E-state index contributed by atoms with van der Waals surface area (Å²) in [5.41, 5.74) is 4.78. The smallest absolute Gasteiger partial charge is 0.173 e. The van der Waals surface area contributed by atoms with Gasteiger partial charge in [-0.2, -0.15) is 0 Å². The summed E-state index contributed by atoms with van der Waals surface area (Å²) in [4.78, 5) is 13.6. The van der Waals surface area contributed by atoms with E-state index in [0.29, 0.717) is 5.92 Å². The molecule has 1 aliphatic rings. The van der Waals surface area contributed by atoms with E-state index >= 15 is 0 Å². The van der Waals surface area contributed by atoms with Gasteiger partial charge in [-0.3, -0.25) is 9.97 Å². The Kier molecular flexibility index (Phi) is 6.55. The second-order valence-electron chi connectivity index (χ2n) is 9.91. The summed E-state index contributed by atoms with van der Waals surface area (Å²) in [5.74, 6) is 1.29. The van der Waals surface area contributed by atoms with Crippen molar-refractivity contribution in [1.29, 1.82) is 0 Å². The maximum atomic E-state index is 5.92. The Bertz CT molecular complexity index is 1590. The molecule has 7 nitrogen and oxygen atoms in total. The molecule has 4 heterocycles. The molecule has 1 N–H and O–H groups in total. The summed E-state index contributed by atoms with van der Waals surface area (Å²) in [6.45, 7) is 6.93. The van der Waals surface area contributed by atoms with Gasteiger partial charge in [0, 0.05) is 54.1 Å². The molecular weight excluding hydrogens is 490 g/mol. The molecule has 0 bridgehead atoms. The highest BCUT2D eigenvalue weighted by Crippen LogP contribution is 2.28. The van der Waals surface area contributed by atoms with Crippen LogP contribution in [0.1, 0.15) is 13.8 Å². The van der Waals surface area contributed by atoms with E-state index in [1.54, 1.807) is 0 Å². The standard InChI is InChI=1S/C30H29N7S/c1-20(2)28-19-36(17-18-37(28)30(38)33-26-12-4-11-25-23(26)9-6-16-32-25)29-14-13-27(34-35-29)22-7-3-10-24-21(22)8-5-15-31-24/h3-16,20,28H,17-19H2,1-2H3,(H,33,38). The molecule has 0 saturated carbocycles. The molecule has 0 aliphatic carbocycles. The number of anilines is 2. The maximum absolute atomic E-state index is 5.92. The summed E-state index contributed by atoms with van der Waals surface area (Å²) in [6, 6.07) is 24.6. The largest absolute Gasteiger partial charge is 0.351 e. The third kappa shape index (κ3) is 4.63. The van der Waals surface area contributed by atoms with Gasteiger partial charge < -0.3 is 15.1 Å². The van der Waals surface area contributed by atoms with Crippen molar-refractivity contribution in [3.05, 3.63) is 85.2 Å². The van der Waals surface area contributed by atoms with Crippen LogP contribution in [0, 0.1) is 5.92 Å². The van der Waals surface area contributed by atoms with Crippen LogP contribution in [-0.4, -0.2) is 55.9 Å². The molecule has 0 radical (unpaired) electrons. The van der Waals surface area contributed by atoms with Crippen LogP contribution in [0.3, 0.4) is 0 Å². The number of pyridine rings is 2. The Morgan fingerprint density at radius 2 is 1.58 bits per heavy atom. The zero-order valence-electron chi connectivity index (χ0n) is 21.5. The number of nitrogens with one attached hydrogen (secondary N) is 1. The van der Waals surface area contributed by atoms with Gasteiger partial charge in [-0.15, -0.1) is 10.2 Å². The summed E-state index contributed by atoms with van der Waals surface area (Å²) >= 11 is 5.92. The average molecular weight is 520 g/mol. The summed E-state index contributed by atoms with van der Waals surface area (Å²) in [7, 11) is 0. The Morgan fingerprint density at radius 1 is 0.842 bits per heavy atom. The number of aromatic nitrogens is 4. The topological polar surface area (TPSA) is 70.1 Å². The van der Waals surface area contributed by atoms with Crippen molar-refractivity contribution in [2.24, 2.45) is 5.92 Å². The molecule has 1 fully saturated rings. The number of hydrogen-bond donors (Lipinski definition) is 1. The van der Waals surface area contributed by atoms with Gasteiger partial charge in [-0.25, -0.2) is 0 Å². The molecule has 1 atom stereocenters. The van der Waals surface area contributed by atoms with E-state index in [-0.39, 0.29) is 6.04 Å². The van der Waals surface area contributed by atoms with Crippen molar-refractivity contribution < 1.29 is 0 Å². The number of fused-ring (bicyclic) bond motifs is 2. The molecule has 190 valence electrons. The van der Waals surface area contributed by atoms with Crippen molar-refractivity contribution in [1.82, 2.24) is 25.1 Å². The first-order chi connectivity index (χ1) is 18.6. The minimum atomic E-state index is 0.238. The third-order valence-electron chi connectivity index (χ3n) is 7.23. The molecule has 2 aromatic carbocycles. The normalized spacial score (nSPS) is 15.8. The van der Waals surface area contributed by atoms with Crippen molar-refractivity contribution in [3.8, 4) is 11.3 Å². The van der Waals surface area contributed by atoms with E-state index in [1.165, 1.54) is 0 Å². The fourth-order valence-corrected chi connectivity index (χ4v) is 5.54. The van der Waals surface area contributed by atoms with Crippen LogP contribution in [0.15, 0.2) is 85.2 Å². The monoisotopic (exact) mass is 519 g/mol. The Labute approximate surface area is 227 Å². The van der Waals surface area contributed by atoms with Gasteiger partial charge in [0.15, 0.2) is 10.9 Å². The lowest BCUT2D eigenvalue weighted by Crippen LogP contribution is -2.58. The minimum absolute atomic E-state index is 0.238. The van der Waals surface area contributed by atoms with E-state index in [2.05, 4.69) is 85.5 Å². The average Bonchev–Trinajstić information content (AvgIpc) is 2.97. The SMILES string of the molecule is CC(C)C1CN(c2ccc(-c3cccc4ncccc34)nn2)CCN1C(=S)Nc1cccc2ncccc12. The van der Waals surface area contributed by atoms with Crippen LogP contribution >= 0.6 is 12.2 Å². The molecule has 6 rings (SSSR count). The van der Waals surface area contributed by atoms with Crippen LogP contribution in [0.2, 0.25) is 0 Å². The highest BCUT2D eigenvalue weighted by molar-refractivity contribution is 7.80.